The molecule has 0 atom stereocenters. The van der Waals surface area contributed by atoms with Gasteiger partial charge in [-0.3, -0.25) is 0 Å². The van der Waals surface area contributed by atoms with E-state index in [4.69, 9.17) is 4.74 Å². The maximum atomic E-state index is 5.82. The highest BCUT2D eigenvalue weighted by atomic mass is 16.5. The summed E-state index contributed by atoms with van der Waals surface area (Å²) in [5, 5.41) is 4.32. The van der Waals surface area contributed by atoms with Gasteiger partial charge in [0, 0.05) is 18.0 Å². The van der Waals surface area contributed by atoms with Crippen molar-refractivity contribution < 1.29 is 4.74 Å². The number of fused-ring (bicyclic) bond motifs is 1. The molecule has 0 N–H and O–H groups in total. The van der Waals surface area contributed by atoms with Gasteiger partial charge in [0.05, 0.1) is 6.20 Å². The van der Waals surface area contributed by atoms with E-state index >= 15 is 0 Å². The monoisotopic (exact) mass is 301 g/mol. The Hall–Kier alpha value is -3.14. The number of aromatic nitrogens is 3. The molecule has 0 saturated carbocycles. The Balaban J connectivity index is 1.54. The summed E-state index contributed by atoms with van der Waals surface area (Å²) in [7, 11) is 0. The van der Waals surface area contributed by atoms with Crippen molar-refractivity contribution in [3.63, 3.8) is 0 Å². The van der Waals surface area contributed by atoms with Crippen LogP contribution in [0.15, 0.2) is 79.3 Å². The molecule has 0 radical (unpaired) electrons. The summed E-state index contributed by atoms with van der Waals surface area (Å²) in [6.07, 6.45) is 5.50. The second-order valence-corrected chi connectivity index (χ2v) is 5.24. The summed E-state index contributed by atoms with van der Waals surface area (Å²) >= 11 is 0. The van der Waals surface area contributed by atoms with Crippen LogP contribution in [-0.2, 0) is 6.61 Å². The molecule has 0 fully saturated rings. The quantitative estimate of drug-likeness (QED) is 0.572. The average Bonchev–Trinajstić information content (AvgIpc) is 3.05. The van der Waals surface area contributed by atoms with E-state index in [-0.39, 0.29) is 0 Å². The fraction of sp³-hybridized carbons (Fsp3) is 0.0526. The molecule has 112 valence electrons. The first-order valence-corrected chi connectivity index (χ1v) is 7.46. The highest BCUT2D eigenvalue weighted by Crippen LogP contribution is 2.25. The van der Waals surface area contributed by atoms with E-state index in [0.717, 1.165) is 28.1 Å². The zero-order chi connectivity index (χ0) is 15.5. The molecular formula is C19H15N3O. The minimum atomic E-state index is 0.568. The van der Waals surface area contributed by atoms with Crippen LogP contribution in [0.2, 0.25) is 0 Å². The van der Waals surface area contributed by atoms with Crippen LogP contribution < -0.4 is 4.74 Å². The number of hydrogen-bond acceptors (Lipinski definition) is 3. The van der Waals surface area contributed by atoms with E-state index in [1.807, 2.05) is 60.9 Å². The van der Waals surface area contributed by atoms with Crippen molar-refractivity contribution in [2.45, 2.75) is 6.61 Å². The first kappa shape index (κ1) is 13.5. The van der Waals surface area contributed by atoms with Gasteiger partial charge in [-0.25, -0.2) is 9.50 Å². The third kappa shape index (κ3) is 2.79. The Morgan fingerprint density at radius 2 is 1.74 bits per heavy atom. The molecule has 2 aromatic carbocycles. The molecule has 4 heteroatoms. The molecule has 0 bridgehead atoms. The predicted molar refractivity (Wildman–Crippen MR) is 89.2 cm³/mol. The van der Waals surface area contributed by atoms with Gasteiger partial charge in [0.25, 0.3) is 0 Å². The van der Waals surface area contributed by atoms with Crippen LogP contribution in [-0.4, -0.2) is 14.6 Å². The van der Waals surface area contributed by atoms with Crippen LogP contribution in [0.5, 0.6) is 5.75 Å². The van der Waals surface area contributed by atoms with Crippen molar-refractivity contribution in [1.29, 1.82) is 0 Å². The number of hydrogen-bond donors (Lipinski definition) is 0. The zero-order valence-corrected chi connectivity index (χ0v) is 12.5. The molecule has 0 unspecified atom stereocenters. The first-order chi connectivity index (χ1) is 11.4. The minimum absolute atomic E-state index is 0.568. The number of rotatable bonds is 4. The van der Waals surface area contributed by atoms with Crippen LogP contribution >= 0.6 is 0 Å². The third-order valence-corrected chi connectivity index (χ3v) is 3.69. The summed E-state index contributed by atoms with van der Waals surface area (Å²) in [4.78, 5) is 4.39. The van der Waals surface area contributed by atoms with E-state index in [1.165, 1.54) is 0 Å². The minimum Gasteiger partial charge on any atom is -0.489 e. The molecule has 0 aliphatic carbocycles. The van der Waals surface area contributed by atoms with Crippen molar-refractivity contribution in [1.82, 2.24) is 14.6 Å². The van der Waals surface area contributed by atoms with E-state index < -0.39 is 0 Å². The zero-order valence-electron chi connectivity index (χ0n) is 12.5. The summed E-state index contributed by atoms with van der Waals surface area (Å²) in [6.45, 7) is 0.568. The van der Waals surface area contributed by atoms with Gasteiger partial charge in [0.1, 0.15) is 12.4 Å². The molecule has 0 amide bonds. The topological polar surface area (TPSA) is 39.4 Å². The normalized spacial score (nSPS) is 10.8. The lowest BCUT2D eigenvalue weighted by Crippen LogP contribution is -1.94. The van der Waals surface area contributed by atoms with Crippen molar-refractivity contribution in [2.75, 3.05) is 0 Å². The second-order valence-electron chi connectivity index (χ2n) is 5.24. The maximum Gasteiger partial charge on any atom is 0.162 e. The van der Waals surface area contributed by atoms with Gasteiger partial charge in [-0.05, 0) is 29.3 Å². The number of ether oxygens (including phenoxy) is 1. The van der Waals surface area contributed by atoms with E-state index in [2.05, 4.69) is 22.2 Å². The molecule has 4 aromatic rings. The van der Waals surface area contributed by atoms with Crippen LogP contribution in [0.3, 0.4) is 0 Å². The van der Waals surface area contributed by atoms with Gasteiger partial charge in [0.15, 0.2) is 5.65 Å². The van der Waals surface area contributed by atoms with Gasteiger partial charge in [-0.2, -0.15) is 5.10 Å². The summed E-state index contributed by atoms with van der Waals surface area (Å²) in [5.41, 5.74) is 4.10. The lowest BCUT2D eigenvalue weighted by Gasteiger charge is -2.07. The Bertz CT molecular complexity index is 914. The van der Waals surface area contributed by atoms with Crippen LogP contribution in [0.4, 0.5) is 0 Å². The van der Waals surface area contributed by atoms with E-state index in [0.29, 0.717) is 6.61 Å². The highest BCUT2D eigenvalue weighted by molar-refractivity contribution is 5.76. The summed E-state index contributed by atoms with van der Waals surface area (Å²) < 4.78 is 7.59. The fourth-order valence-electron chi connectivity index (χ4n) is 2.50. The molecule has 4 nitrogen and oxygen atoms in total. The van der Waals surface area contributed by atoms with Gasteiger partial charge < -0.3 is 4.74 Å². The molecule has 0 aliphatic rings. The molecular weight excluding hydrogens is 286 g/mol. The fourth-order valence-corrected chi connectivity index (χ4v) is 2.50. The SMILES string of the molecule is c1ccc(COc2ccc(-c3cnn4cccnc34)cc2)cc1. The molecule has 2 aromatic heterocycles. The van der Waals surface area contributed by atoms with Crippen LogP contribution in [0.25, 0.3) is 16.8 Å². The molecule has 0 spiro atoms. The van der Waals surface area contributed by atoms with E-state index in [9.17, 15) is 0 Å². The molecule has 0 saturated heterocycles. The van der Waals surface area contributed by atoms with Crippen molar-refractivity contribution >= 4 is 5.65 Å². The second kappa shape index (κ2) is 5.93. The maximum absolute atomic E-state index is 5.82. The Morgan fingerprint density at radius 1 is 0.913 bits per heavy atom. The predicted octanol–water partition coefficient (Wildman–Crippen LogP) is 3.98. The smallest absolute Gasteiger partial charge is 0.162 e. The lowest BCUT2D eigenvalue weighted by atomic mass is 10.1. The van der Waals surface area contributed by atoms with Crippen molar-refractivity contribution in [3.8, 4) is 16.9 Å². The number of benzene rings is 2. The lowest BCUT2D eigenvalue weighted by molar-refractivity contribution is 0.306. The molecule has 0 aliphatic heterocycles. The van der Waals surface area contributed by atoms with Crippen molar-refractivity contribution in [2.24, 2.45) is 0 Å². The van der Waals surface area contributed by atoms with Crippen LogP contribution in [0, 0.1) is 0 Å². The van der Waals surface area contributed by atoms with Gasteiger partial charge in [0.2, 0.25) is 0 Å². The summed E-state index contributed by atoms with van der Waals surface area (Å²) in [5.74, 6) is 0.849. The third-order valence-electron chi connectivity index (χ3n) is 3.69. The largest absolute Gasteiger partial charge is 0.489 e. The van der Waals surface area contributed by atoms with Gasteiger partial charge in [-0.1, -0.05) is 42.5 Å². The Kier molecular flexibility index (Phi) is 3.48. The highest BCUT2D eigenvalue weighted by Gasteiger charge is 2.07. The first-order valence-electron chi connectivity index (χ1n) is 7.46. The average molecular weight is 301 g/mol. The number of nitrogens with zero attached hydrogens (tertiary/aromatic N) is 3. The van der Waals surface area contributed by atoms with E-state index in [1.54, 1.807) is 10.7 Å². The standard InChI is InChI=1S/C19H15N3O/c1-2-5-15(6-3-1)14-23-17-9-7-16(8-10-17)18-13-21-22-12-4-11-20-19(18)22/h1-13H,14H2. The molecule has 23 heavy (non-hydrogen) atoms. The Morgan fingerprint density at radius 3 is 2.57 bits per heavy atom. The van der Waals surface area contributed by atoms with Crippen LogP contribution in [0.1, 0.15) is 5.56 Å². The molecule has 4 rings (SSSR count). The molecule has 2 heterocycles. The van der Waals surface area contributed by atoms with Gasteiger partial charge >= 0.3 is 0 Å². The van der Waals surface area contributed by atoms with Crippen molar-refractivity contribution in [3.05, 3.63) is 84.8 Å². The Labute approximate surface area is 134 Å². The van der Waals surface area contributed by atoms with Gasteiger partial charge in [-0.15, -0.1) is 0 Å². The summed E-state index contributed by atoms with van der Waals surface area (Å²) in [6, 6.07) is 20.0.